The van der Waals surface area contributed by atoms with Gasteiger partial charge in [-0.2, -0.15) is 0 Å². The lowest BCUT2D eigenvalue weighted by Crippen LogP contribution is -2.06. The Hall–Kier alpha value is -1.26. The fourth-order valence-corrected chi connectivity index (χ4v) is 2.14. The number of aromatic nitrogens is 2. The summed E-state index contributed by atoms with van der Waals surface area (Å²) in [6, 6.07) is 10.3. The molecule has 1 aromatic heterocycles. The van der Waals surface area contributed by atoms with Gasteiger partial charge < -0.3 is 5.32 Å². The van der Waals surface area contributed by atoms with Gasteiger partial charge in [-0.1, -0.05) is 29.8 Å². The molecular formula is C12H12ClN3S. The zero-order valence-corrected chi connectivity index (χ0v) is 10.7. The van der Waals surface area contributed by atoms with Crippen LogP contribution in [0, 0.1) is 0 Å². The Morgan fingerprint density at radius 2 is 1.82 bits per heavy atom. The SMILES string of the molecule is Clc1cnc(NCCSc2ccccc2)nc1. The number of nitrogens with zero attached hydrogens (tertiary/aromatic N) is 2. The van der Waals surface area contributed by atoms with Crippen molar-refractivity contribution in [2.75, 3.05) is 17.6 Å². The van der Waals surface area contributed by atoms with E-state index in [2.05, 4.69) is 27.4 Å². The number of benzene rings is 1. The molecule has 0 saturated heterocycles. The minimum atomic E-state index is 0.550. The van der Waals surface area contributed by atoms with Crippen LogP contribution in [0.5, 0.6) is 0 Å². The first kappa shape index (κ1) is 12.2. The number of thioether (sulfide) groups is 1. The van der Waals surface area contributed by atoms with Gasteiger partial charge in [0.1, 0.15) is 0 Å². The van der Waals surface area contributed by atoms with Crippen LogP contribution in [0.15, 0.2) is 47.6 Å². The summed E-state index contributed by atoms with van der Waals surface area (Å²) in [4.78, 5) is 9.39. The highest BCUT2D eigenvalue weighted by Crippen LogP contribution is 2.16. The first-order valence-electron chi connectivity index (χ1n) is 5.24. The van der Waals surface area contributed by atoms with E-state index in [1.807, 2.05) is 18.2 Å². The van der Waals surface area contributed by atoms with Crippen LogP contribution in [0.3, 0.4) is 0 Å². The van der Waals surface area contributed by atoms with Gasteiger partial charge in [0.2, 0.25) is 5.95 Å². The summed E-state index contributed by atoms with van der Waals surface area (Å²) in [6.45, 7) is 0.821. The van der Waals surface area contributed by atoms with Gasteiger partial charge in [-0.3, -0.25) is 0 Å². The largest absolute Gasteiger partial charge is 0.353 e. The molecular weight excluding hydrogens is 254 g/mol. The van der Waals surface area contributed by atoms with Crippen molar-refractivity contribution in [1.29, 1.82) is 0 Å². The van der Waals surface area contributed by atoms with Crippen LogP contribution in [0.25, 0.3) is 0 Å². The third-order valence-corrected chi connectivity index (χ3v) is 3.23. The average molecular weight is 266 g/mol. The van der Waals surface area contributed by atoms with Gasteiger partial charge >= 0.3 is 0 Å². The third-order valence-electron chi connectivity index (χ3n) is 2.02. The minimum absolute atomic E-state index is 0.550. The molecule has 0 spiro atoms. The molecule has 0 radical (unpaired) electrons. The summed E-state index contributed by atoms with van der Waals surface area (Å²) >= 11 is 7.49. The number of hydrogen-bond acceptors (Lipinski definition) is 4. The lowest BCUT2D eigenvalue weighted by molar-refractivity contribution is 1.09. The second-order valence-corrected chi connectivity index (χ2v) is 4.92. The Morgan fingerprint density at radius 1 is 1.12 bits per heavy atom. The second-order valence-electron chi connectivity index (χ2n) is 3.31. The van der Waals surface area contributed by atoms with E-state index in [4.69, 9.17) is 11.6 Å². The Balaban J connectivity index is 1.71. The summed E-state index contributed by atoms with van der Waals surface area (Å²) in [6.07, 6.45) is 3.17. The summed E-state index contributed by atoms with van der Waals surface area (Å²) in [7, 11) is 0. The molecule has 0 atom stereocenters. The number of rotatable bonds is 5. The number of hydrogen-bond donors (Lipinski definition) is 1. The standard InChI is InChI=1S/C12H12ClN3S/c13-10-8-15-12(16-9-10)14-6-7-17-11-4-2-1-3-5-11/h1-5,8-9H,6-7H2,(H,14,15,16). The maximum Gasteiger partial charge on any atom is 0.222 e. The van der Waals surface area contributed by atoms with E-state index in [0.29, 0.717) is 11.0 Å². The molecule has 0 saturated carbocycles. The Labute approximate surface area is 110 Å². The second kappa shape index (κ2) is 6.47. The zero-order chi connectivity index (χ0) is 11.9. The lowest BCUT2D eigenvalue weighted by Gasteiger charge is -2.04. The van der Waals surface area contributed by atoms with Crippen molar-refractivity contribution in [3.63, 3.8) is 0 Å². The van der Waals surface area contributed by atoms with Gasteiger partial charge in [-0.25, -0.2) is 9.97 Å². The predicted molar refractivity (Wildman–Crippen MR) is 72.7 cm³/mol. The van der Waals surface area contributed by atoms with Gasteiger partial charge in [0, 0.05) is 17.2 Å². The highest BCUT2D eigenvalue weighted by molar-refractivity contribution is 7.99. The van der Waals surface area contributed by atoms with Crippen LogP contribution in [-0.2, 0) is 0 Å². The van der Waals surface area contributed by atoms with Crippen molar-refractivity contribution >= 4 is 29.3 Å². The molecule has 0 aliphatic carbocycles. The van der Waals surface area contributed by atoms with Gasteiger partial charge in [-0.15, -0.1) is 11.8 Å². The van der Waals surface area contributed by atoms with Crippen molar-refractivity contribution in [2.24, 2.45) is 0 Å². The summed E-state index contributed by atoms with van der Waals surface area (Å²) < 4.78 is 0. The monoisotopic (exact) mass is 265 g/mol. The van der Waals surface area contributed by atoms with Gasteiger partial charge in [-0.05, 0) is 12.1 Å². The van der Waals surface area contributed by atoms with Gasteiger partial charge in [0.25, 0.3) is 0 Å². The quantitative estimate of drug-likeness (QED) is 0.665. The zero-order valence-electron chi connectivity index (χ0n) is 9.14. The molecule has 5 heteroatoms. The van der Waals surface area contributed by atoms with Gasteiger partial charge in [0.05, 0.1) is 17.4 Å². The molecule has 2 rings (SSSR count). The lowest BCUT2D eigenvalue weighted by atomic mass is 10.4. The van der Waals surface area contributed by atoms with Crippen molar-refractivity contribution in [2.45, 2.75) is 4.90 Å². The van der Waals surface area contributed by atoms with E-state index in [0.717, 1.165) is 12.3 Å². The van der Waals surface area contributed by atoms with E-state index in [-0.39, 0.29) is 0 Å². The smallest absolute Gasteiger partial charge is 0.222 e. The van der Waals surface area contributed by atoms with Crippen LogP contribution in [0.2, 0.25) is 5.02 Å². The van der Waals surface area contributed by atoms with Crippen LogP contribution in [0.4, 0.5) is 5.95 Å². The van der Waals surface area contributed by atoms with Crippen LogP contribution >= 0.6 is 23.4 Å². The maximum atomic E-state index is 5.70. The van der Waals surface area contributed by atoms with Crippen LogP contribution in [0.1, 0.15) is 0 Å². The summed E-state index contributed by atoms with van der Waals surface area (Å²) in [5.74, 6) is 1.58. The average Bonchev–Trinajstić information content (AvgIpc) is 2.38. The molecule has 1 aromatic carbocycles. The summed E-state index contributed by atoms with van der Waals surface area (Å²) in [5.41, 5.74) is 0. The highest BCUT2D eigenvalue weighted by Gasteiger charge is 1.96. The topological polar surface area (TPSA) is 37.8 Å². The minimum Gasteiger partial charge on any atom is -0.353 e. The predicted octanol–water partition coefficient (Wildman–Crippen LogP) is 3.33. The molecule has 2 aromatic rings. The molecule has 3 nitrogen and oxygen atoms in total. The third kappa shape index (κ3) is 4.24. The molecule has 88 valence electrons. The van der Waals surface area contributed by atoms with E-state index < -0.39 is 0 Å². The molecule has 1 heterocycles. The number of nitrogens with one attached hydrogen (secondary N) is 1. The van der Waals surface area contributed by atoms with Gasteiger partial charge in [0.15, 0.2) is 0 Å². The fourth-order valence-electron chi connectivity index (χ4n) is 1.25. The van der Waals surface area contributed by atoms with Crippen molar-refractivity contribution in [1.82, 2.24) is 9.97 Å². The number of halogens is 1. The Kier molecular flexibility index (Phi) is 4.64. The highest BCUT2D eigenvalue weighted by atomic mass is 35.5. The molecule has 17 heavy (non-hydrogen) atoms. The van der Waals surface area contributed by atoms with Crippen LogP contribution in [-0.4, -0.2) is 22.3 Å². The number of anilines is 1. The van der Waals surface area contributed by atoms with Crippen LogP contribution < -0.4 is 5.32 Å². The molecule has 0 bridgehead atoms. The maximum absolute atomic E-state index is 5.70. The first-order chi connectivity index (χ1) is 8.34. The fraction of sp³-hybridized carbons (Fsp3) is 0.167. The van der Waals surface area contributed by atoms with E-state index in [9.17, 15) is 0 Å². The normalized spacial score (nSPS) is 10.2. The Morgan fingerprint density at radius 3 is 2.53 bits per heavy atom. The van der Waals surface area contributed by atoms with Crippen molar-refractivity contribution < 1.29 is 0 Å². The van der Waals surface area contributed by atoms with Crippen molar-refractivity contribution in [3.05, 3.63) is 47.7 Å². The van der Waals surface area contributed by atoms with E-state index in [1.54, 1.807) is 24.2 Å². The van der Waals surface area contributed by atoms with E-state index in [1.165, 1.54) is 4.90 Å². The summed E-state index contributed by atoms with van der Waals surface area (Å²) in [5, 5.41) is 3.69. The molecule has 0 aliphatic heterocycles. The molecule has 0 fully saturated rings. The molecule has 1 N–H and O–H groups in total. The first-order valence-corrected chi connectivity index (χ1v) is 6.60. The molecule has 0 aliphatic rings. The molecule has 0 amide bonds. The van der Waals surface area contributed by atoms with E-state index >= 15 is 0 Å². The molecule has 0 unspecified atom stereocenters. The Bertz CT molecular complexity index is 447. The van der Waals surface area contributed by atoms with Crippen molar-refractivity contribution in [3.8, 4) is 0 Å².